The van der Waals surface area contributed by atoms with Gasteiger partial charge in [0.15, 0.2) is 30.0 Å². The number of hydrogen-bond donors (Lipinski definition) is 0. The van der Waals surface area contributed by atoms with Gasteiger partial charge in [-0.3, -0.25) is 19.2 Å². The number of carbonyl (C=O) groups excluding carboxylic acids is 4. The van der Waals surface area contributed by atoms with E-state index >= 15 is 4.79 Å². The summed E-state index contributed by atoms with van der Waals surface area (Å²) in [6.07, 6.45) is 9.48. The molecule has 0 bridgehead atoms. The highest BCUT2D eigenvalue weighted by Crippen LogP contribution is 2.75. The number of ether oxygens (including phenoxy) is 2. The second-order valence-corrected chi connectivity index (χ2v) is 21.4. The van der Waals surface area contributed by atoms with E-state index < -0.39 is 39.6 Å². The third-order valence-electron chi connectivity index (χ3n) is 18.2. The number of allylic oxidation sites excluding steroid dienone is 2. The Hall–Kier alpha value is -4.73. The van der Waals surface area contributed by atoms with Gasteiger partial charge in [-0.05, 0) is 136 Å². The number of rotatable bonds is 8. The number of esters is 2. The van der Waals surface area contributed by atoms with E-state index in [2.05, 4.69) is 34.6 Å². The summed E-state index contributed by atoms with van der Waals surface area (Å²) in [7, 11) is 0. The topological polar surface area (TPSA) is 133 Å². The minimum Gasteiger partial charge on any atom is -0.457 e. The zero-order valence-corrected chi connectivity index (χ0v) is 37.6. The molecule has 3 aromatic rings. The van der Waals surface area contributed by atoms with Crippen LogP contribution in [0.25, 0.3) is 0 Å². The zero-order valence-electron chi connectivity index (χ0n) is 37.6. The molecule has 0 unspecified atom stereocenters. The Balaban J connectivity index is 1.04. The first-order chi connectivity index (χ1) is 29.4. The lowest BCUT2D eigenvalue weighted by Crippen LogP contribution is -2.69. The molecule has 10 atom stereocenters. The van der Waals surface area contributed by atoms with Crippen LogP contribution in [-0.4, -0.2) is 41.1 Å². The summed E-state index contributed by atoms with van der Waals surface area (Å²) >= 11 is 0. The van der Waals surface area contributed by atoms with Gasteiger partial charge in [0.05, 0.1) is 10.8 Å². The van der Waals surface area contributed by atoms with Gasteiger partial charge in [0, 0.05) is 24.9 Å². The van der Waals surface area contributed by atoms with Crippen molar-refractivity contribution < 1.29 is 37.5 Å². The van der Waals surface area contributed by atoms with Gasteiger partial charge >= 0.3 is 17.8 Å². The molecule has 10 heteroatoms. The highest BCUT2D eigenvalue weighted by atomic mass is 16.6. The van der Waals surface area contributed by atoms with Crippen molar-refractivity contribution in [2.75, 3.05) is 6.54 Å². The molecule has 9 rings (SSSR count). The van der Waals surface area contributed by atoms with Crippen molar-refractivity contribution in [3.8, 4) is 0 Å². The van der Waals surface area contributed by atoms with E-state index in [0.29, 0.717) is 45.1 Å². The third kappa shape index (κ3) is 6.34. The van der Waals surface area contributed by atoms with Gasteiger partial charge in [0.1, 0.15) is 0 Å². The van der Waals surface area contributed by atoms with Gasteiger partial charge in [-0.25, -0.2) is 4.79 Å². The van der Waals surface area contributed by atoms with E-state index in [4.69, 9.17) is 18.3 Å². The summed E-state index contributed by atoms with van der Waals surface area (Å²) in [5, 5.41) is 0. The Bertz CT molecular complexity index is 2330. The van der Waals surface area contributed by atoms with Gasteiger partial charge in [0.2, 0.25) is 5.91 Å². The summed E-state index contributed by atoms with van der Waals surface area (Å²) in [6, 6.07) is 19.5. The molecule has 0 radical (unpaired) electrons. The average molecular weight is 846 g/mol. The quantitative estimate of drug-likeness (QED) is 0.203. The molecular formula is C52H63NO9. The minimum absolute atomic E-state index is 0.0234. The Morgan fingerprint density at radius 3 is 2.08 bits per heavy atom. The maximum Gasteiger partial charge on any atom is 0.519 e. The Morgan fingerprint density at radius 1 is 0.806 bits per heavy atom. The molecule has 2 aromatic carbocycles. The summed E-state index contributed by atoms with van der Waals surface area (Å²) in [5.74, 6) is -1.51. The number of benzene rings is 2. The fraction of sp³-hybridized carbons (Fsp3) is 0.596. The Kier molecular flexibility index (Phi) is 10.3. The Labute approximate surface area is 365 Å². The highest BCUT2D eigenvalue weighted by Gasteiger charge is 2.72. The number of likely N-dealkylation sites (tertiary alicyclic amines) is 1. The summed E-state index contributed by atoms with van der Waals surface area (Å²) < 4.78 is 22.9. The van der Waals surface area contributed by atoms with Crippen molar-refractivity contribution in [2.24, 2.45) is 50.2 Å². The predicted octanol–water partition coefficient (Wildman–Crippen LogP) is 9.87. The molecule has 0 N–H and O–H groups in total. The fourth-order valence-electron chi connectivity index (χ4n) is 14.4. The third-order valence-corrected chi connectivity index (χ3v) is 18.2. The van der Waals surface area contributed by atoms with Gasteiger partial charge < -0.3 is 23.2 Å². The van der Waals surface area contributed by atoms with E-state index in [1.807, 2.05) is 78.6 Å². The molecule has 330 valence electrons. The van der Waals surface area contributed by atoms with Crippen LogP contribution in [0.5, 0.6) is 0 Å². The molecule has 6 aliphatic rings. The van der Waals surface area contributed by atoms with Crippen LogP contribution in [0.15, 0.2) is 85.9 Å². The lowest BCUT2D eigenvalue weighted by molar-refractivity contribution is -0.212. The number of aryl methyl sites for hydroxylation is 1. The van der Waals surface area contributed by atoms with Gasteiger partial charge in [0.25, 0.3) is 0 Å². The fourth-order valence-corrected chi connectivity index (χ4v) is 14.4. The zero-order chi connectivity index (χ0) is 44.0. The highest BCUT2D eigenvalue weighted by molar-refractivity contribution is 5.96. The molecule has 2 heterocycles. The number of ketones is 1. The van der Waals surface area contributed by atoms with Crippen molar-refractivity contribution in [3.05, 3.63) is 106 Å². The van der Waals surface area contributed by atoms with Crippen LogP contribution in [0, 0.1) is 57.2 Å². The average Bonchev–Trinajstić information content (AvgIpc) is 3.82. The molecule has 62 heavy (non-hydrogen) atoms. The van der Waals surface area contributed by atoms with E-state index in [1.54, 1.807) is 6.92 Å². The van der Waals surface area contributed by atoms with Crippen molar-refractivity contribution >= 4 is 23.6 Å². The SMILES string of the molecule is Cc1oc(=O)oc1COC(=O)[C@]1(C)[C@@H](N2CCCC2=O)CC[C@@]2(C)[C@H]1CC[C@]1(C)[C@@H]2C(=O)C=C2[C@@H]3C[C@@](C)(C(=O)OC(c4ccccc4)c4ccccc4)CC[C@]3(C)CC[C@]21C. The van der Waals surface area contributed by atoms with E-state index in [1.165, 1.54) is 5.57 Å². The van der Waals surface area contributed by atoms with Crippen molar-refractivity contribution in [3.63, 3.8) is 0 Å². The molecule has 5 aliphatic carbocycles. The number of carbonyl (C=O) groups is 4. The standard InChI is InChI=1S/C52H63NO9/c1-32-38(61-46(58)60-32)31-59-45(57)52(7)39-20-23-51(6)43(49(39,4)22-21-40(52)53-28-14-19-41(53)55)37(54)29-35-36-30-48(3,25-24-47(36,2)26-27-50(35,51)5)44(56)62-42(33-15-10-8-11-16-33)34-17-12-9-13-18-34/h8-13,15-18,29,36,39-40,42-43H,14,19-28,30-31H2,1-7H3/t36-,39+,40-,43+,47+,48-,49-,50+,51+,52-/m0/s1. The van der Waals surface area contributed by atoms with Gasteiger partial charge in [-0.15, -0.1) is 0 Å². The second-order valence-electron chi connectivity index (χ2n) is 21.4. The van der Waals surface area contributed by atoms with E-state index in [9.17, 15) is 19.2 Å². The molecule has 1 saturated heterocycles. The molecule has 1 amide bonds. The van der Waals surface area contributed by atoms with Crippen LogP contribution < -0.4 is 5.82 Å². The van der Waals surface area contributed by atoms with E-state index in [-0.39, 0.29) is 70.4 Å². The molecule has 0 spiro atoms. The molecule has 4 saturated carbocycles. The predicted molar refractivity (Wildman–Crippen MR) is 231 cm³/mol. The van der Waals surface area contributed by atoms with Crippen LogP contribution >= 0.6 is 0 Å². The molecule has 5 fully saturated rings. The first-order valence-corrected chi connectivity index (χ1v) is 23.0. The van der Waals surface area contributed by atoms with Crippen LogP contribution in [0.2, 0.25) is 0 Å². The number of fused-ring (bicyclic) bond motifs is 7. The van der Waals surface area contributed by atoms with Crippen molar-refractivity contribution in [1.29, 1.82) is 0 Å². The lowest BCUT2D eigenvalue weighted by atomic mass is 9.33. The smallest absolute Gasteiger partial charge is 0.457 e. The number of nitrogens with zero attached hydrogens (tertiary/aromatic N) is 1. The summed E-state index contributed by atoms with van der Waals surface area (Å²) in [6.45, 7) is 15.3. The largest absolute Gasteiger partial charge is 0.519 e. The van der Waals surface area contributed by atoms with Crippen LogP contribution in [0.4, 0.5) is 0 Å². The number of hydrogen-bond acceptors (Lipinski definition) is 9. The second kappa shape index (κ2) is 14.9. The van der Waals surface area contributed by atoms with Crippen LogP contribution in [0.3, 0.4) is 0 Å². The Morgan fingerprint density at radius 2 is 1.47 bits per heavy atom. The van der Waals surface area contributed by atoms with Crippen molar-refractivity contribution in [1.82, 2.24) is 4.90 Å². The maximum absolute atomic E-state index is 15.3. The maximum atomic E-state index is 15.3. The van der Waals surface area contributed by atoms with Gasteiger partial charge in [-0.2, -0.15) is 0 Å². The molecule has 1 aromatic heterocycles. The first-order valence-electron chi connectivity index (χ1n) is 23.0. The number of amides is 1. The van der Waals surface area contributed by atoms with E-state index in [0.717, 1.165) is 43.2 Å². The van der Waals surface area contributed by atoms with Crippen LogP contribution in [0.1, 0.15) is 141 Å². The minimum atomic E-state index is -1.12. The molecule has 10 nitrogen and oxygen atoms in total. The van der Waals surface area contributed by atoms with Crippen LogP contribution in [-0.2, 0) is 35.3 Å². The molecule has 1 aliphatic heterocycles. The normalized spacial score (nSPS) is 37.7. The van der Waals surface area contributed by atoms with Gasteiger partial charge in [-0.1, -0.05) is 93.9 Å². The van der Waals surface area contributed by atoms with Crippen molar-refractivity contribution in [2.45, 2.75) is 138 Å². The first kappa shape index (κ1) is 42.6. The summed E-state index contributed by atoms with van der Waals surface area (Å²) in [5.41, 5.74) is -0.204. The summed E-state index contributed by atoms with van der Waals surface area (Å²) in [4.78, 5) is 72.0. The lowest BCUT2D eigenvalue weighted by Gasteiger charge is -2.70. The molecular weight excluding hydrogens is 783 g/mol. The monoisotopic (exact) mass is 845 g/mol.